The highest BCUT2D eigenvalue weighted by molar-refractivity contribution is 4.84. The van der Waals surface area contributed by atoms with Gasteiger partial charge >= 0.3 is 0 Å². The largest absolute Gasteiger partial charge is 0.312 e. The minimum atomic E-state index is 0.720. The fourth-order valence-electron chi connectivity index (χ4n) is 3.78. The van der Waals surface area contributed by atoms with E-state index < -0.39 is 0 Å². The molecule has 0 spiro atoms. The topological polar surface area (TPSA) is 15.3 Å². The SMILES string of the molecule is CCC(C)C1CN(C2CCCCCCC2)CCCN1. The first-order valence-corrected chi connectivity index (χ1v) is 8.78. The molecule has 0 aromatic carbocycles. The van der Waals surface area contributed by atoms with Crippen LogP contribution in [0.1, 0.15) is 71.6 Å². The lowest BCUT2D eigenvalue weighted by atomic mass is 9.94. The van der Waals surface area contributed by atoms with Crippen LogP contribution in [0.2, 0.25) is 0 Å². The molecule has 0 radical (unpaired) electrons. The highest BCUT2D eigenvalue weighted by atomic mass is 15.2. The maximum atomic E-state index is 3.79. The third kappa shape index (κ3) is 4.75. The van der Waals surface area contributed by atoms with Crippen molar-refractivity contribution in [3.05, 3.63) is 0 Å². The van der Waals surface area contributed by atoms with E-state index in [0.717, 1.165) is 18.0 Å². The molecule has 2 heteroatoms. The quantitative estimate of drug-likeness (QED) is 0.835. The molecule has 0 bridgehead atoms. The zero-order chi connectivity index (χ0) is 13.5. The minimum Gasteiger partial charge on any atom is -0.312 e. The van der Waals surface area contributed by atoms with Gasteiger partial charge in [-0.3, -0.25) is 4.90 Å². The normalized spacial score (nSPS) is 30.3. The molecule has 0 amide bonds. The van der Waals surface area contributed by atoms with E-state index in [9.17, 15) is 0 Å². The van der Waals surface area contributed by atoms with Gasteiger partial charge in [-0.1, -0.05) is 52.4 Å². The van der Waals surface area contributed by atoms with Crippen LogP contribution >= 0.6 is 0 Å². The Labute approximate surface area is 120 Å². The summed E-state index contributed by atoms with van der Waals surface area (Å²) in [6.45, 7) is 8.58. The highest BCUT2D eigenvalue weighted by Gasteiger charge is 2.26. The lowest BCUT2D eigenvalue weighted by molar-refractivity contribution is 0.151. The van der Waals surface area contributed by atoms with Gasteiger partial charge in [-0.2, -0.15) is 0 Å². The molecular formula is C17H34N2. The molecule has 1 aliphatic heterocycles. The number of nitrogens with one attached hydrogen (secondary N) is 1. The van der Waals surface area contributed by atoms with Crippen molar-refractivity contribution >= 4 is 0 Å². The Morgan fingerprint density at radius 3 is 2.42 bits per heavy atom. The Bertz CT molecular complexity index is 233. The van der Waals surface area contributed by atoms with Crippen molar-refractivity contribution in [3.8, 4) is 0 Å². The van der Waals surface area contributed by atoms with Gasteiger partial charge in [0.2, 0.25) is 0 Å². The monoisotopic (exact) mass is 266 g/mol. The third-order valence-corrected chi connectivity index (χ3v) is 5.38. The van der Waals surface area contributed by atoms with Gasteiger partial charge in [-0.05, 0) is 38.3 Å². The Balaban J connectivity index is 1.91. The maximum absolute atomic E-state index is 3.79. The molecule has 2 rings (SSSR count). The Kier molecular flexibility index (Phi) is 6.66. The summed E-state index contributed by atoms with van der Waals surface area (Å²) in [4.78, 5) is 2.84. The van der Waals surface area contributed by atoms with Gasteiger partial charge < -0.3 is 5.32 Å². The average molecular weight is 266 g/mol. The van der Waals surface area contributed by atoms with Gasteiger partial charge in [0, 0.05) is 18.6 Å². The number of nitrogens with zero attached hydrogens (tertiary/aromatic N) is 1. The van der Waals surface area contributed by atoms with Crippen molar-refractivity contribution in [1.29, 1.82) is 0 Å². The first kappa shape index (κ1) is 15.3. The molecule has 112 valence electrons. The predicted molar refractivity (Wildman–Crippen MR) is 83.5 cm³/mol. The van der Waals surface area contributed by atoms with Gasteiger partial charge in [0.15, 0.2) is 0 Å². The van der Waals surface area contributed by atoms with E-state index >= 15 is 0 Å². The van der Waals surface area contributed by atoms with Crippen LogP contribution in [-0.2, 0) is 0 Å². The molecule has 2 nitrogen and oxygen atoms in total. The lowest BCUT2D eigenvalue weighted by Crippen LogP contribution is -2.45. The van der Waals surface area contributed by atoms with Crippen LogP contribution in [-0.4, -0.2) is 36.6 Å². The Morgan fingerprint density at radius 2 is 1.74 bits per heavy atom. The Hall–Kier alpha value is -0.0800. The average Bonchev–Trinajstić information content (AvgIpc) is 2.63. The first-order chi connectivity index (χ1) is 9.31. The maximum Gasteiger partial charge on any atom is 0.0220 e. The molecule has 1 saturated heterocycles. The van der Waals surface area contributed by atoms with E-state index in [-0.39, 0.29) is 0 Å². The van der Waals surface area contributed by atoms with Gasteiger partial charge in [0.05, 0.1) is 0 Å². The van der Waals surface area contributed by atoms with Crippen LogP contribution in [0.5, 0.6) is 0 Å². The van der Waals surface area contributed by atoms with Crippen molar-refractivity contribution in [2.45, 2.75) is 83.7 Å². The van der Waals surface area contributed by atoms with E-state index in [1.54, 1.807) is 0 Å². The van der Waals surface area contributed by atoms with Gasteiger partial charge in [-0.15, -0.1) is 0 Å². The second kappa shape index (κ2) is 8.26. The molecule has 2 fully saturated rings. The highest BCUT2D eigenvalue weighted by Crippen LogP contribution is 2.23. The Morgan fingerprint density at radius 1 is 1.05 bits per heavy atom. The van der Waals surface area contributed by atoms with Crippen LogP contribution in [0.3, 0.4) is 0 Å². The summed E-state index contributed by atoms with van der Waals surface area (Å²) in [6, 6.07) is 1.60. The number of rotatable bonds is 3. The fourth-order valence-corrected chi connectivity index (χ4v) is 3.78. The lowest BCUT2D eigenvalue weighted by Gasteiger charge is -2.35. The molecule has 2 aliphatic rings. The van der Waals surface area contributed by atoms with Crippen LogP contribution < -0.4 is 5.32 Å². The summed E-state index contributed by atoms with van der Waals surface area (Å²) in [5.41, 5.74) is 0. The molecule has 0 aromatic heterocycles. The van der Waals surface area contributed by atoms with Crippen molar-refractivity contribution < 1.29 is 0 Å². The second-order valence-electron chi connectivity index (χ2n) is 6.79. The van der Waals surface area contributed by atoms with Gasteiger partial charge in [0.25, 0.3) is 0 Å². The van der Waals surface area contributed by atoms with E-state index in [0.29, 0.717) is 0 Å². The van der Waals surface area contributed by atoms with Gasteiger partial charge in [0.1, 0.15) is 0 Å². The molecule has 1 aliphatic carbocycles. The molecule has 2 unspecified atom stereocenters. The molecule has 1 N–H and O–H groups in total. The molecule has 0 aromatic rings. The van der Waals surface area contributed by atoms with Gasteiger partial charge in [-0.25, -0.2) is 0 Å². The number of hydrogen-bond donors (Lipinski definition) is 1. The van der Waals surface area contributed by atoms with Crippen molar-refractivity contribution in [2.24, 2.45) is 5.92 Å². The van der Waals surface area contributed by atoms with Crippen LogP contribution in [0.15, 0.2) is 0 Å². The predicted octanol–water partition coefficient (Wildman–Crippen LogP) is 3.81. The minimum absolute atomic E-state index is 0.720. The summed E-state index contributed by atoms with van der Waals surface area (Å²) in [5, 5.41) is 3.79. The smallest absolute Gasteiger partial charge is 0.0220 e. The van der Waals surface area contributed by atoms with Crippen LogP contribution in [0, 0.1) is 5.92 Å². The molecule has 19 heavy (non-hydrogen) atoms. The van der Waals surface area contributed by atoms with Crippen LogP contribution in [0.4, 0.5) is 0 Å². The zero-order valence-electron chi connectivity index (χ0n) is 13.2. The molecule has 1 heterocycles. The molecule has 1 saturated carbocycles. The fraction of sp³-hybridized carbons (Fsp3) is 1.00. The zero-order valence-corrected chi connectivity index (χ0v) is 13.2. The van der Waals surface area contributed by atoms with E-state index in [2.05, 4.69) is 24.1 Å². The summed E-state index contributed by atoms with van der Waals surface area (Å²) in [6.07, 6.45) is 12.9. The summed E-state index contributed by atoms with van der Waals surface area (Å²) < 4.78 is 0. The first-order valence-electron chi connectivity index (χ1n) is 8.78. The molecular weight excluding hydrogens is 232 g/mol. The number of hydrogen-bond acceptors (Lipinski definition) is 2. The summed E-state index contributed by atoms with van der Waals surface area (Å²) >= 11 is 0. The summed E-state index contributed by atoms with van der Waals surface area (Å²) in [7, 11) is 0. The van der Waals surface area contributed by atoms with Crippen LogP contribution in [0.25, 0.3) is 0 Å². The standard InChI is InChI=1S/C17H34N2/c1-3-15(2)17-14-19(13-9-12-18-17)16-10-7-5-4-6-8-11-16/h15-18H,3-14H2,1-2H3. The third-order valence-electron chi connectivity index (χ3n) is 5.38. The second-order valence-corrected chi connectivity index (χ2v) is 6.79. The van der Waals surface area contributed by atoms with E-state index in [1.807, 2.05) is 0 Å². The van der Waals surface area contributed by atoms with E-state index in [4.69, 9.17) is 0 Å². The summed E-state index contributed by atoms with van der Waals surface area (Å²) in [5.74, 6) is 0.814. The van der Waals surface area contributed by atoms with Crippen molar-refractivity contribution in [1.82, 2.24) is 10.2 Å². The van der Waals surface area contributed by atoms with E-state index in [1.165, 1.54) is 77.4 Å². The van der Waals surface area contributed by atoms with Crippen molar-refractivity contribution in [3.63, 3.8) is 0 Å². The van der Waals surface area contributed by atoms with Crippen molar-refractivity contribution in [2.75, 3.05) is 19.6 Å². The molecule has 2 atom stereocenters.